The van der Waals surface area contributed by atoms with E-state index in [-0.39, 0.29) is 64.7 Å². The molecule has 1 aliphatic carbocycles. The van der Waals surface area contributed by atoms with Gasteiger partial charge in [0.15, 0.2) is 0 Å². The van der Waals surface area contributed by atoms with Gasteiger partial charge in [-0.3, -0.25) is 0 Å². The first-order valence-electron chi connectivity index (χ1n) is 28.0. The predicted molar refractivity (Wildman–Crippen MR) is 256 cm³/mol. The molecule has 4 heteroatoms. The molecule has 1 fully saturated rings. The molecule has 0 bridgehead atoms. The minimum atomic E-state index is -2.76. The van der Waals surface area contributed by atoms with Crippen molar-refractivity contribution in [2.75, 3.05) is 0 Å². The second kappa shape index (κ2) is 18.0. The third kappa shape index (κ3) is 8.96. The van der Waals surface area contributed by atoms with Gasteiger partial charge in [-0.2, -0.15) is 0 Å². The van der Waals surface area contributed by atoms with Crippen LogP contribution in [0.1, 0.15) is 106 Å². The van der Waals surface area contributed by atoms with Crippen molar-refractivity contribution in [3.8, 4) is 44.8 Å². The van der Waals surface area contributed by atoms with E-state index in [1.54, 1.807) is 42.5 Å². The Bertz CT molecular complexity index is 3600. The van der Waals surface area contributed by atoms with Crippen molar-refractivity contribution in [1.29, 1.82) is 0 Å². The van der Waals surface area contributed by atoms with Crippen molar-refractivity contribution in [2.45, 2.75) is 86.1 Å². The Balaban J connectivity index is 0.000000275. The van der Waals surface area contributed by atoms with Gasteiger partial charge in [0, 0.05) is 63.8 Å². The molecule has 0 N–H and O–H groups in total. The molecule has 6 aromatic carbocycles. The van der Waals surface area contributed by atoms with E-state index in [2.05, 4.69) is 22.1 Å². The second-order valence-corrected chi connectivity index (χ2v) is 16.6. The molecule has 1 radical (unpaired) electrons. The Morgan fingerprint density at radius 2 is 1.44 bits per heavy atom. The number of pyridine rings is 2. The number of furan rings is 1. The standard InChI is InChI=1S/C41H34NO.C17H20N.Ir/c1-25-22-37(26(2)21-36(25)31-17-15-29(16-18-31)28-9-4-5-10-28)38-23-39(42-24-27(38)3)35-14-8-13-33-34-20-19-30-11-6-7-12-32(30)40(34)43-41(33)35;1-13-5-8-15(9-6-13)16-10-7-14(12-18-16)11-17(2,3)4;/h6-8,11-13,15-24,28H,4-5,9-10H2,1-3H3;5-8,10,12H,11H2,1-4H3;/q2*-1;/i1D3,2D3,3D3,28D;1D3,11D2;. The van der Waals surface area contributed by atoms with E-state index < -0.39 is 45.1 Å². The molecule has 10 rings (SSSR count). The van der Waals surface area contributed by atoms with Gasteiger partial charge in [-0.15, -0.1) is 53.6 Å². The molecule has 3 nitrogen and oxygen atoms in total. The van der Waals surface area contributed by atoms with E-state index in [1.165, 1.54) is 36.7 Å². The molecule has 0 aliphatic heterocycles. The topological polar surface area (TPSA) is 38.9 Å². The average molecular weight is 1000 g/mol. The van der Waals surface area contributed by atoms with Gasteiger partial charge >= 0.3 is 0 Å². The van der Waals surface area contributed by atoms with Crippen LogP contribution in [0.4, 0.5) is 0 Å². The molecule has 3 heterocycles. The van der Waals surface area contributed by atoms with E-state index in [4.69, 9.17) is 25.0 Å². The summed E-state index contributed by atoms with van der Waals surface area (Å²) in [7, 11) is 0. The number of benzene rings is 6. The van der Waals surface area contributed by atoms with Crippen molar-refractivity contribution in [2.24, 2.45) is 5.41 Å². The summed E-state index contributed by atoms with van der Waals surface area (Å²) in [4.78, 5) is 8.85. The molecule has 9 aromatic rings. The average Bonchev–Trinajstić information content (AvgIpc) is 3.99. The third-order valence-electron chi connectivity index (χ3n) is 11.1. The fourth-order valence-corrected chi connectivity index (χ4v) is 8.16. The molecule has 313 valence electrons. The van der Waals surface area contributed by atoms with E-state index in [0.29, 0.717) is 39.1 Å². The molecule has 0 amide bonds. The first-order chi connectivity index (χ1) is 35.5. The van der Waals surface area contributed by atoms with Crippen LogP contribution >= 0.6 is 0 Å². The maximum absolute atomic E-state index is 8.91. The number of fused-ring (bicyclic) bond motifs is 5. The van der Waals surface area contributed by atoms with Crippen molar-refractivity contribution in [3.63, 3.8) is 0 Å². The summed E-state index contributed by atoms with van der Waals surface area (Å²) in [6.45, 7) is -4.76. The molecule has 0 atom stereocenters. The van der Waals surface area contributed by atoms with E-state index in [0.717, 1.165) is 52.8 Å². The summed E-state index contributed by atoms with van der Waals surface area (Å²) >= 11 is 0. The summed E-state index contributed by atoms with van der Waals surface area (Å²) in [5, 5.41) is 3.61. The maximum atomic E-state index is 8.91. The summed E-state index contributed by atoms with van der Waals surface area (Å²) in [5.74, 6) is -0.707. The maximum Gasteiger partial charge on any atom is 0.128 e. The molecule has 1 saturated carbocycles. The van der Waals surface area contributed by atoms with Crippen LogP contribution in [0.2, 0.25) is 0 Å². The Kier molecular flexibility index (Phi) is 8.15. The zero-order valence-electron chi connectivity index (χ0n) is 49.7. The summed E-state index contributed by atoms with van der Waals surface area (Å²) in [5.41, 5.74) is 4.39. The third-order valence-corrected chi connectivity index (χ3v) is 11.1. The van der Waals surface area contributed by atoms with Gasteiger partial charge in [0.05, 0.1) is 5.58 Å². The molecular weight excluding hydrogens is 933 g/mol. The van der Waals surface area contributed by atoms with E-state index in [1.807, 2.05) is 75.4 Å². The number of hydrogen-bond acceptors (Lipinski definition) is 3. The molecule has 0 spiro atoms. The van der Waals surface area contributed by atoms with Gasteiger partial charge in [-0.1, -0.05) is 142 Å². The fraction of sp³-hybridized carbons (Fsp3) is 0.241. The van der Waals surface area contributed by atoms with Crippen LogP contribution in [0, 0.1) is 45.0 Å². The summed E-state index contributed by atoms with van der Waals surface area (Å²) < 4.78 is 131. The Morgan fingerprint density at radius 1 is 0.694 bits per heavy atom. The Morgan fingerprint density at radius 3 is 2.16 bits per heavy atom. The molecule has 0 saturated heterocycles. The van der Waals surface area contributed by atoms with Crippen LogP contribution < -0.4 is 0 Å². The van der Waals surface area contributed by atoms with Gasteiger partial charge in [0.1, 0.15) is 5.58 Å². The van der Waals surface area contributed by atoms with Gasteiger partial charge in [-0.25, -0.2) is 0 Å². The predicted octanol–water partition coefficient (Wildman–Crippen LogP) is 16.0. The van der Waals surface area contributed by atoms with Crippen LogP contribution in [0.3, 0.4) is 0 Å². The van der Waals surface area contributed by atoms with Crippen LogP contribution in [-0.4, -0.2) is 9.97 Å². The van der Waals surface area contributed by atoms with Crippen molar-refractivity contribution in [3.05, 3.63) is 179 Å². The van der Waals surface area contributed by atoms with Crippen molar-refractivity contribution < 1.29 is 45.1 Å². The first-order valence-corrected chi connectivity index (χ1v) is 20.5. The first kappa shape index (κ1) is 28.1. The second-order valence-electron chi connectivity index (χ2n) is 16.6. The van der Waals surface area contributed by atoms with Crippen LogP contribution in [-0.2, 0) is 26.5 Å². The van der Waals surface area contributed by atoms with Crippen molar-refractivity contribution >= 4 is 32.7 Å². The summed E-state index contributed by atoms with van der Waals surface area (Å²) in [6.07, 6.45) is 4.66. The molecule has 1 aliphatic rings. The number of aryl methyl sites for hydroxylation is 4. The normalized spacial score (nSPS) is 18.1. The number of hydrogen-bond donors (Lipinski definition) is 0. The van der Waals surface area contributed by atoms with E-state index in [9.17, 15) is 0 Å². The van der Waals surface area contributed by atoms with Crippen LogP contribution in [0.15, 0.2) is 138 Å². The molecule has 0 unspecified atom stereocenters. The summed E-state index contributed by atoms with van der Waals surface area (Å²) in [6, 6.07) is 41.0. The quantitative estimate of drug-likeness (QED) is 0.156. The minimum absolute atomic E-state index is 0. The van der Waals surface area contributed by atoms with Crippen LogP contribution in [0.5, 0.6) is 0 Å². The largest absolute Gasteiger partial charge is 0.500 e. The van der Waals surface area contributed by atoms with Crippen LogP contribution in [0.25, 0.3) is 77.5 Å². The van der Waals surface area contributed by atoms with Gasteiger partial charge in [0.25, 0.3) is 0 Å². The molecular formula is C58H54IrN2O-2. The number of rotatable bonds is 6. The smallest absolute Gasteiger partial charge is 0.128 e. The van der Waals surface area contributed by atoms with E-state index >= 15 is 0 Å². The van der Waals surface area contributed by atoms with Gasteiger partial charge in [0.2, 0.25) is 0 Å². The minimum Gasteiger partial charge on any atom is -0.500 e. The zero-order valence-corrected chi connectivity index (χ0v) is 37.1. The molecule has 3 aromatic heterocycles. The SMILES string of the molecule is [2H]C([2H])([2H])c1c[c-]c(-c2ccc(C([2H])([2H])C(C)(C)C)cn2)cc1.[2H]C([2H])([2H])c1cc(-c2cc(-c3[c-]ccc4c3oc3c5ccccc5ccc43)ncc2C([2H])([2H])[2H])c(C([2H])([2H])[2H])cc1-c1ccc(C2([2H])CCCC2)cc1.[Ir]. The Labute approximate surface area is 402 Å². The van der Waals surface area contributed by atoms with Gasteiger partial charge < -0.3 is 14.4 Å². The number of nitrogens with zero attached hydrogens (tertiary/aromatic N) is 2. The Hall–Kier alpha value is -5.67. The number of aromatic nitrogens is 2. The monoisotopic (exact) mass is 1000 g/mol. The fourth-order valence-electron chi connectivity index (χ4n) is 8.16. The zero-order chi connectivity index (χ0) is 55.0. The van der Waals surface area contributed by atoms with Crippen molar-refractivity contribution in [1.82, 2.24) is 9.97 Å². The molecule has 62 heavy (non-hydrogen) atoms. The van der Waals surface area contributed by atoms with Gasteiger partial charge in [-0.05, 0) is 118 Å².